The van der Waals surface area contributed by atoms with E-state index in [0.717, 1.165) is 11.1 Å². The number of likely N-dealkylation sites (N-methyl/N-ethyl adjacent to an activating group) is 2. The zero-order valence-electron chi connectivity index (χ0n) is 12.1. The van der Waals surface area contributed by atoms with Crippen LogP contribution in [0.5, 0.6) is 0 Å². The van der Waals surface area contributed by atoms with Gasteiger partial charge in [-0.2, -0.15) is 0 Å². The highest BCUT2D eigenvalue weighted by atomic mass is 16.4. The van der Waals surface area contributed by atoms with Gasteiger partial charge in [-0.3, -0.25) is 4.57 Å². The van der Waals surface area contributed by atoms with Crippen LogP contribution in [0.3, 0.4) is 0 Å². The van der Waals surface area contributed by atoms with E-state index in [9.17, 15) is 4.79 Å². The van der Waals surface area contributed by atoms with Gasteiger partial charge in [0.2, 0.25) is 0 Å². The van der Waals surface area contributed by atoms with Gasteiger partial charge in [0.25, 0.3) is 0 Å². The summed E-state index contributed by atoms with van der Waals surface area (Å²) in [6, 6.07) is 5.99. The molecule has 0 fully saturated rings. The number of benzene rings is 1. The highest BCUT2D eigenvalue weighted by Crippen LogP contribution is 2.27. The van der Waals surface area contributed by atoms with Crippen molar-refractivity contribution in [2.24, 2.45) is 7.05 Å². The predicted molar refractivity (Wildman–Crippen MR) is 76.4 cm³/mol. The van der Waals surface area contributed by atoms with Crippen LogP contribution in [0.1, 0.15) is 25.5 Å². The van der Waals surface area contributed by atoms with E-state index in [1.54, 1.807) is 7.05 Å². The Kier molecular flexibility index (Phi) is 3.52. The van der Waals surface area contributed by atoms with Crippen LogP contribution in [0.25, 0.3) is 11.1 Å². The van der Waals surface area contributed by atoms with Crippen LogP contribution >= 0.6 is 0 Å². The number of oxazole rings is 1. The number of hydrogen-bond acceptors (Lipinski definition) is 4. The Balaban J connectivity index is 2.53. The summed E-state index contributed by atoms with van der Waals surface area (Å²) in [7, 11) is 5.57. The zero-order chi connectivity index (χ0) is 14.2. The van der Waals surface area contributed by atoms with Crippen LogP contribution in [-0.4, -0.2) is 24.2 Å². The van der Waals surface area contributed by atoms with Crippen LogP contribution in [0, 0.1) is 0 Å². The molecule has 0 saturated heterocycles. The molecule has 0 aliphatic carbocycles. The Morgan fingerprint density at radius 2 is 2.00 bits per heavy atom. The molecule has 19 heavy (non-hydrogen) atoms. The standard InChI is InChI=1S/C14H21N3O2/c1-14(2,16-4)12(15-3)9-6-7-10-11(8-9)19-13(18)17(10)5/h6-8,12,15-16H,1-5H3. The third-order valence-corrected chi connectivity index (χ3v) is 3.80. The zero-order valence-corrected chi connectivity index (χ0v) is 12.1. The van der Waals surface area contributed by atoms with E-state index in [-0.39, 0.29) is 17.3 Å². The second-order valence-corrected chi connectivity index (χ2v) is 5.35. The molecule has 2 rings (SSSR count). The Hall–Kier alpha value is -1.59. The second-order valence-electron chi connectivity index (χ2n) is 5.35. The molecule has 0 aliphatic heterocycles. The van der Waals surface area contributed by atoms with Crippen LogP contribution < -0.4 is 16.4 Å². The number of rotatable bonds is 4. The number of aryl methyl sites for hydroxylation is 1. The van der Waals surface area contributed by atoms with Crippen molar-refractivity contribution in [1.29, 1.82) is 0 Å². The minimum Gasteiger partial charge on any atom is -0.408 e. The lowest BCUT2D eigenvalue weighted by Crippen LogP contribution is -2.47. The fourth-order valence-corrected chi connectivity index (χ4v) is 2.42. The van der Waals surface area contributed by atoms with Gasteiger partial charge in [0.05, 0.1) is 5.52 Å². The molecule has 5 heteroatoms. The average Bonchev–Trinajstić information content (AvgIpc) is 2.65. The van der Waals surface area contributed by atoms with Crippen LogP contribution in [0.4, 0.5) is 0 Å². The number of fused-ring (bicyclic) bond motifs is 1. The fourth-order valence-electron chi connectivity index (χ4n) is 2.42. The average molecular weight is 263 g/mol. The second kappa shape index (κ2) is 4.83. The third-order valence-electron chi connectivity index (χ3n) is 3.80. The van der Waals surface area contributed by atoms with E-state index < -0.39 is 0 Å². The Labute approximate surface area is 112 Å². The number of nitrogens with one attached hydrogen (secondary N) is 2. The molecule has 5 nitrogen and oxygen atoms in total. The summed E-state index contributed by atoms with van der Waals surface area (Å²) in [6.45, 7) is 4.25. The van der Waals surface area contributed by atoms with Gasteiger partial charge in [-0.15, -0.1) is 0 Å². The van der Waals surface area contributed by atoms with Crippen molar-refractivity contribution in [3.8, 4) is 0 Å². The maximum Gasteiger partial charge on any atom is 0.419 e. The first-order valence-corrected chi connectivity index (χ1v) is 6.36. The molecule has 1 aromatic heterocycles. The van der Waals surface area contributed by atoms with Crippen LogP contribution in [-0.2, 0) is 7.05 Å². The Bertz CT molecular complexity index is 640. The summed E-state index contributed by atoms with van der Waals surface area (Å²) in [5.74, 6) is -0.332. The third kappa shape index (κ3) is 2.31. The predicted octanol–water partition coefficient (Wildman–Crippen LogP) is 1.39. The van der Waals surface area contributed by atoms with E-state index in [0.29, 0.717) is 5.58 Å². The lowest BCUT2D eigenvalue weighted by atomic mass is 9.89. The van der Waals surface area contributed by atoms with Crippen LogP contribution in [0.2, 0.25) is 0 Å². The summed E-state index contributed by atoms with van der Waals surface area (Å²) >= 11 is 0. The number of nitrogens with zero attached hydrogens (tertiary/aromatic N) is 1. The molecule has 0 radical (unpaired) electrons. The van der Waals surface area contributed by atoms with E-state index in [4.69, 9.17) is 4.42 Å². The highest BCUT2D eigenvalue weighted by molar-refractivity contribution is 5.73. The van der Waals surface area contributed by atoms with Crippen LogP contribution in [0.15, 0.2) is 27.4 Å². The van der Waals surface area contributed by atoms with Crippen molar-refractivity contribution >= 4 is 11.1 Å². The van der Waals surface area contributed by atoms with Gasteiger partial charge >= 0.3 is 5.76 Å². The summed E-state index contributed by atoms with van der Waals surface area (Å²) in [5, 5.41) is 6.60. The Morgan fingerprint density at radius 3 is 2.58 bits per heavy atom. The molecule has 1 atom stereocenters. The van der Waals surface area contributed by atoms with Crippen molar-refractivity contribution < 1.29 is 4.42 Å². The monoisotopic (exact) mass is 263 g/mol. The minimum atomic E-state index is -0.332. The lowest BCUT2D eigenvalue weighted by molar-refractivity contribution is 0.311. The molecule has 0 spiro atoms. The molecule has 1 heterocycles. The van der Waals surface area contributed by atoms with Gasteiger partial charge in [0.15, 0.2) is 5.58 Å². The molecule has 0 bridgehead atoms. The fraction of sp³-hybridized carbons (Fsp3) is 0.500. The van der Waals surface area contributed by atoms with Crippen molar-refractivity contribution in [2.75, 3.05) is 14.1 Å². The molecular formula is C14H21N3O2. The van der Waals surface area contributed by atoms with Gasteiger partial charge in [-0.1, -0.05) is 6.07 Å². The van der Waals surface area contributed by atoms with Crippen molar-refractivity contribution in [3.05, 3.63) is 34.3 Å². The number of aromatic nitrogens is 1. The first-order valence-electron chi connectivity index (χ1n) is 6.36. The smallest absolute Gasteiger partial charge is 0.408 e. The lowest BCUT2D eigenvalue weighted by Gasteiger charge is -2.34. The van der Waals surface area contributed by atoms with Gasteiger partial charge in [-0.25, -0.2) is 4.79 Å². The summed E-state index contributed by atoms with van der Waals surface area (Å²) < 4.78 is 6.75. The van der Waals surface area contributed by atoms with Gasteiger partial charge < -0.3 is 15.1 Å². The highest BCUT2D eigenvalue weighted by Gasteiger charge is 2.28. The van der Waals surface area contributed by atoms with Crippen molar-refractivity contribution in [3.63, 3.8) is 0 Å². The van der Waals surface area contributed by atoms with Gasteiger partial charge in [0, 0.05) is 18.6 Å². The van der Waals surface area contributed by atoms with E-state index in [2.05, 4.69) is 24.5 Å². The largest absolute Gasteiger partial charge is 0.419 e. The maximum atomic E-state index is 11.5. The van der Waals surface area contributed by atoms with E-state index >= 15 is 0 Å². The molecular weight excluding hydrogens is 242 g/mol. The SMILES string of the molecule is CNC(c1ccc2c(c1)oc(=O)n2C)C(C)(C)NC. The van der Waals surface area contributed by atoms with Crippen molar-refractivity contribution in [1.82, 2.24) is 15.2 Å². The minimum absolute atomic E-state index is 0.114. The summed E-state index contributed by atoms with van der Waals surface area (Å²) in [6.07, 6.45) is 0. The summed E-state index contributed by atoms with van der Waals surface area (Å²) in [4.78, 5) is 11.5. The first-order chi connectivity index (χ1) is 8.90. The van der Waals surface area contributed by atoms with Gasteiger partial charge in [0.1, 0.15) is 0 Å². The molecule has 104 valence electrons. The van der Waals surface area contributed by atoms with E-state index in [1.165, 1.54) is 4.57 Å². The molecule has 1 aromatic carbocycles. The maximum absolute atomic E-state index is 11.5. The summed E-state index contributed by atoms with van der Waals surface area (Å²) in [5.41, 5.74) is 2.41. The van der Waals surface area contributed by atoms with E-state index in [1.807, 2.05) is 32.3 Å². The van der Waals surface area contributed by atoms with Gasteiger partial charge in [-0.05, 0) is 45.6 Å². The first kappa shape index (κ1) is 13.8. The molecule has 2 N–H and O–H groups in total. The topological polar surface area (TPSA) is 59.2 Å². The Morgan fingerprint density at radius 1 is 1.32 bits per heavy atom. The molecule has 0 amide bonds. The number of hydrogen-bond donors (Lipinski definition) is 2. The normalized spacial score (nSPS) is 13.9. The molecule has 2 aromatic rings. The molecule has 0 saturated carbocycles. The molecule has 1 unspecified atom stereocenters. The molecule has 0 aliphatic rings. The quantitative estimate of drug-likeness (QED) is 0.875. The van der Waals surface area contributed by atoms with Crippen molar-refractivity contribution in [2.45, 2.75) is 25.4 Å².